The van der Waals surface area contributed by atoms with Crippen LogP contribution in [0.25, 0.3) is 0 Å². The number of nitrogens with one attached hydrogen (secondary N) is 1. The van der Waals surface area contributed by atoms with Crippen LogP contribution in [0.1, 0.15) is 53.0 Å². The molecule has 222 valence electrons. The predicted molar refractivity (Wildman–Crippen MR) is 156 cm³/mol. The monoisotopic (exact) mass is 594 g/mol. The summed E-state index contributed by atoms with van der Waals surface area (Å²) >= 11 is 1.37. The molecule has 2 aliphatic rings. The van der Waals surface area contributed by atoms with Crippen LogP contribution in [0.15, 0.2) is 41.1 Å². The van der Waals surface area contributed by atoms with Crippen LogP contribution in [0.4, 0.5) is 10.7 Å². The Hall–Kier alpha value is -4.30. The minimum atomic E-state index is -1.25. The van der Waals surface area contributed by atoms with Crippen molar-refractivity contribution in [2.45, 2.75) is 44.4 Å². The van der Waals surface area contributed by atoms with E-state index in [-0.39, 0.29) is 36.6 Å². The lowest BCUT2D eigenvalue weighted by Crippen LogP contribution is -2.57. The average molecular weight is 595 g/mol. The number of piperidine rings is 1. The van der Waals surface area contributed by atoms with E-state index in [1.54, 1.807) is 40.9 Å². The summed E-state index contributed by atoms with van der Waals surface area (Å²) < 4.78 is 1.20. The van der Waals surface area contributed by atoms with Gasteiger partial charge in [-0.1, -0.05) is 31.2 Å². The molecule has 0 saturated carbocycles. The molecule has 2 aliphatic heterocycles. The number of nitrogens with two attached hydrogens (primary N) is 1. The van der Waals surface area contributed by atoms with Crippen LogP contribution in [-0.2, 0) is 11.3 Å². The van der Waals surface area contributed by atoms with Gasteiger partial charge in [0.05, 0.1) is 17.6 Å². The molecule has 2 fully saturated rings. The highest BCUT2D eigenvalue weighted by Gasteiger charge is 2.47. The number of aliphatic hydroxyl groups is 1. The van der Waals surface area contributed by atoms with Gasteiger partial charge in [0, 0.05) is 44.2 Å². The number of hydrogen-bond acceptors (Lipinski definition) is 9. The molecule has 42 heavy (non-hydrogen) atoms. The quantitative estimate of drug-likeness (QED) is 0.235. The first-order chi connectivity index (χ1) is 20.0. The van der Waals surface area contributed by atoms with Crippen LogP contribution >= 0.6 is 11.3 Å². The average Bonchev–Trinajstić information content (AvgIpc) is 3.73. The highest BCUT2D eigenvalue weighted by atomic mass is 32.1. The Kier molecular flexibility index (Phi) is 8.27. The van der Waals surface area contributed by atoms with Crippen molar-refractivity contribution in [3.63, 3.8) is 0 Å². The summed E-state index contributed by atoms with van der Waals surface area (Å²) in [5.74, 6) is -2.18. The van der Waals surface area contributed by atoms with Crippen molar-refractivity contribution in [2.75, 3.05) is 31.6 Å². The summed E-state index contributed by atoms with van der Waals surface area (Å²) in [5.41, 5.74) is 7.47. The summed E-state index contributed by atoms with van der Waals surface area (Å²) in [5, 5.41) is 36.0. The summed E-state index contributed by atoms with van der Waals surface area (Å²) in [6.45, 7) is 3.01. The SMILES string of the molecule is CC1CCN(C(=O)N2CCC(O)C2)C(C(=O)O)C1c1nc(N(C)Cc2ccc(C(=N)N)cc2)n(C(=O)c2ccsc2)n1. The molecule has 0 aliphatic carbocycles. The summed E-state index contributed by atoms with van der Waals surface area (Å²) in [6, 6.07) is 7.15. The van der Waals surface area contributed by atoms with Crippen molar-refractivity contribution in [1.82, 2.24) is 24.6 Å². The Morgan fingerprint density at radius 1 is 1.14 bits per heavy atom. The molecule has 0 radical (unpaired) electrons. The number of carbonyl (C=O) groups excluding carboxylic acids is 2. The smallest absolute Gasteiger partial charge is 0.327 e. The second-order valence-electron chi connectivity index (χ2n) is 10.9. The molecule has 4 unspecified atom stereocenters. The number of hydrogen-bond donors (Lipinski definition) is 4. The fraction of sp³-hybridized carbons (Fsp3) is 0.429. The van der Waals surface area contributed by atoms with Gasteiger partial charge in [0.1, 0.15) is 11.9 Å². The van der Waals surface area contributed by atoms with Crippen LogP contribution in [-0.4, -0.2) is 97.3 Å². The number of β-amino-alcohol motifs (C(OH)–C–C–N with tert-alkyl or cyclic N) is 1. The van der Waals surface area contributed by atoms with E-state index in [2.05, 4.69) is 5.10 Å². The molecule has 4 heterocycles. The zero-order valence-electron chi connectivity index (χ0n) is 23.4. The lowest BCUT2D eigenvalue weighted by atomic mass is 9.80. The molecule has 1 aromatic carbocycles. The Balaban J connectivity index is 1.51. The van der Waals surface area contributed by atoms with E-state index in [1.807, 2.05) is 19.1 Å². The highest BCUT2D eigenvalue weighted by molar-refractivity contribution is 7.08. The number of aromatic nitrogens is 3. The van der Waals surface area contributed by atoms with E-state index in [0.717, 1.165) is 5.56 Å². The molecule has 4 atom stereocenters. The molecule has 5 N–H and O–H groups in total. The number of carbonyl (C=O) groups is 3. The maximum atomic E-state index is 13.6. The summed E-state index contributed by atoms with van der Waals surface area (Å²) in [4.78, 5) is 49.0. The van der Waals surface area contributed by atoms with Crippen molar-refractivity contribution in [3.8, 4) is 0 Å². The number of aliphatic carboxylic acids is 1. The molecule has 3 aromatic rings. The maximum Gasteiger partial charge on any atom is 0.327 e. The number of amides is 2. The normalized spacial score (nSPS) is 22.3. The first-order valence-electron chi connectivity index (χ1n) is 13.7. The van der Waals surface area contributed by atoms with Gasteiger partial charge in [0.2, 0.25) is 5.95 Å². The minimum Gasteiger partial charge on any atom is -0.480 e. The van der Waals surface area contributed by atoms with E-state index in [4.69, 9.17) is 16.1 Å². The zero-order valence-corrected chi connectivity index (χ0v) is 24.2. The van der Waals surface area contributed by atoms with Gasteiger partial charge in [-0.2, -0.15) is 21.0 Å². The van der Waals surface area contributed by atoms with Crippen LogP contribution in [0.5, 0.6) is 0 Å². The fourth-order valence-corrected chi connectivity index (χ4v) is 6.28. The number of carboxylic acid groups (broad SMARTS) is 1. The summed E-state index contributed by atoms with van der Waals surface area (Å²) in [7, 11) is 1.76. The van der Waals surface area contributed by atoms with E-state index in [1.165, 1.54) is 25.8 Å². The van der Waals surface area contributed by atoms with E-state index < -0.39 is 36.0 Å². The summed E-state index contributed by atoms with van der Waals surface area (Å²) in [6.07, 6.45) is 0.340. The Bertz CT molecular complexity index is 1470. The van der Waals surface area contributed by atoms with Crippen molar-refractivity contribution in [3.05, 3.63) is 63.6 Å². The number of aliphatic hydroxyl groups excluding tert-OH is 1. The Labute approximate surface area is 246 Å². The molecular formula is C28H34N8O5S. The van der Waals surface area contributed by atoms with Crippen molar-refractivity contribution >= 4 is 41.0 Å². The third kappa shape index (κ3) is 5.72. The minimum absolute atomic E-state index is 0.0383. The van der Waals surface area contributed by atoms with Crippen LogP contribution in [0.3, 0.4) is 0 Å². The van der Waals surface area contributed by atoms with Gasteiger partial charge < -0.3 is 30.6 Å². The first-order valence-corrected chi connectivity index (χ1v) is 14.6. The number of benzene rings is 1. The van der Waals surface area contributed by atoms with Crippen molar-refractivity contribution < 1.29 is 24.6 Å². The van der Waals surface area contributed by atoms with Gasteiger partial charge in [0.25, 0.3) is 5.91 Å². The fourth-order valence-electron chi connectivity index (χ4n) is 5.65. The highest BCUT2D eigenvalue weighted by Crippen LogP contribution is 2.38. The number of urea groups is 1. The molecular weight excluding hydrogens is 560 g/mol. The van der Waals surface area contributed by atoms with Gasteiger partial charge in [-0.15, -0.1) is 5.10 Å². The second kappa shape index (κ2) is 11.9. The largest absolute Gasteiger partial charge is 0.480 e. The molecule has 13 nitrogen and oxygen atoms in total. The standard InChI is InChI=1S/C28H34N8O5S/c1-16-7-11-35(28(41)34-10-8-20(37)14-34)22(26(39)40)21(16)24-31-27(36(32-24)25(38)19-9-12-42-15-19)33(2)13-17-3-5-18(6-4-17)23(29)30/h3-6,9,12,15-16,20-22,37H,7-8,10-11,13-14H2,1-2H3,(H3,29,30)(H,39,40). The lowest BCUT2D eigenvalue weighted by Gasteiger charge is -2.42. The number of likely N-dealkylation sites (tertiary alicyclic amines) is 2. The number of carboxylic acids is 1. The van der Waals surface area contributed by atoms with Crippen molar-refractivity contribution in [2.24, 2.45) is 11.7 Å². The number of amidine groups is 1. The van der Waals surface area contributed by atoms with Gasteiger partial charge in [-0.3, -0.25) is 10.2 Å². The van der Waals surface area contributed by atoms with Gasteiger partial charge in [-0.05, 0) is 35.8 Å². The molecule has 0 bridgehead atoms. The lowest BCUT2D eigenvalue weighted by molar-refractivity contribution is -0.145. The van der Waals surface area contributed by atoms with E-state index in [9.17, 15) is 24.6 Å². The molecule has 14 heteroatoms. The molecule has 2 saturated heterocycles. The zero-order chi connectivity index (χ0) is 30.1. The number of anilines is 1. The third-order valence-electron chi connectivity index (χ3n) is 7.94. The molecule has 2 aromatic heterocycles. The van der Waals surface area contributed by atoms with Crippen LogP contribution in [0.2, 0.25) is 0 Å². The predicted octanol–water partition coefficient (Wildman–Crippen LogP) is 2.01. The first kappa shape index (κ1) is 29.2. The van der Waals surface area contributed by atoms with Crippen LogP contribution in [0, 0.1) is 11.3 Å². The third-order valence-corrected chi connectivity index (χ3v) is 8.62. The van der Waals surface area contributed by atoms with Gasteiger partial charge in [-0.25, -0.2) is 9.59 Å². The Morgan fingerprint density at radius 3 is 2.48 bits per heavy atom. The van der Waals surface area contributed by atoms with Crippen LogP contribution < -0.4 is 10.6 Å². The number of thiophene rings is 1. The van der Waals surface area contributed by atoms with E-state index in [0.29, 0.717) is 37.1 Å². The molecule has 2 amide bonds. The maximum absolute atomic E-state index is 13.6. The van der Waals surface area contributed by atoms with Crippen molar-refractivity contribution in [1.29, 1.82) is 5.41 Å². The van der Waals surface area contributed by atoms with E-state index >= 15 is 0 Å². The number of nitrogens with zero attached hydrogens (tertiary/aromatic N) is 6. The molecule has 5 rings (SSSR count). The Morgan fingerprint density at radius 2 is 1.88 bits per heavy atom. The van der Waals surface area contributed by atoms with Gasteiger partial charge >= 0.3 is 12.0 Å². The second-order valence-corrected chi connectivity index (χ2v) is 11.7. The van der Waals surface area contributed by atoms with Gasteiger partial charge in [0.15, 0.2) is 5.82 Å². The number of nitrogen functional groups attached to an aromatic ring is 1. The topological polar surface area (TPSA) is 182 Å². The molecule has 0 spiro atoms. The number of rotatable bonds is 7.